The summed E-state index contributed by atoms with van der Waals surface area (Å²) in [7, 11) is -4.65. The number of imidazole rings is 1. The molecule has 3 aromatic rings. The van der Waals surface area contributed by atoms with Crippen LogP contribution in [0.15, 0.2) is 65.7 Å². The minimum Gasteiger partial charge on any atom is -0.484 e. The maximum absolute atomic E-state index is 14.1. The average Bonchev–Trinajstić information content (AvgIpc) is 3.53. The van der Waals surface area contributed by atoms with Crippen molar-refractivity contribution in [2.24, 2.45) is 0 Å². The first kappa shape index (κ1) is 29.9. The first-order chi connectivity index (χ1) is 19.5. The number of amides is 3. The third-order valence-corrected chi connectivity index (χ3v) is 8.27. The molecule has 1 aliphatic rings. The number of aromatic amines is 1. The summed E-state index contributed by atoms with van der Waals surface area (Å²) >= 11 is 0. The predicted octanol–water partition coefficient (Wildman–Crippen LogP) is 4.44. The van der Waals surface area contributed by atoms with Crippen LogP contribution in [-0.2, 0) is 14.9 Å². The van der Waals surface area contributed by atoms with Gasteiger partial charge < -0.3 is 20.1 Å². The van der Waals surface area contributed by atoms with Crippen molar-refractivity contribution in [1.29, 1.82) is 0 Å². The predicted molar refractivity (Wildman–Crippen MR) is 148 cm³/mol. The Labute approximate surface area is 237 Å². The zero-order chi connectivity index (χ0) is 29.8. The molecule has 2 heterocycles. The van der Waals surface area contributed by atoms with Crippen LogP contribution < -0.4 is 10.1 Å². The van der Waals surface area contributed by atoms with Gasteiger partial charge in [-0.15, -0.1) is 0 Å². The van der Waals surface area contributed by atoms with Crippen LogP contribution in [-0.4, -0.2) is 69.1 Å². The second kappa shape index (κ2) is 12.2. The van der Waals surface area contributed by atoms with Crippen LogP contribution in [0.1, 0.15) is 61.6 Å². The summed E-state index contributed by atoms with van der Waals surface area (Å²) in [6.45, 7) is 3.62. The number of para-hydroxylation sites is 1. The average molecular weight is 586 g/mol. The number of benzene rings is 2. The Bertz CT molecular complexity index is 1520. The molecule has 1 fully saturated rings. The van der Waals surface area contributed by atoms with Gasteiger partial charge in [-0.1, -0.05) is 50.1 Å². The molecule has 0 spiro atoms. The summed E-state index contributed by atoms with van der Waals surface area (Å²) in [5, 5.41) is 12.9. The number of carboxylic acid groups (broad SMARTS) is 1. The van der Waals surface area contributed by atoms with Crippen molar-refractivity contribution in [3.63, 3.8) is 0 Å². The molecule has 0 radical (unpaired) electrons. The summed E-state index contributed by atoms with van der Waals surface area (Å²) in [6.07, 6.45) is 1.57. The number of ether oxygens (including phenoxy) is 1. The Hall–Kier alpha value is -4.07. The topological polar surface area (TPSA) is 176 Å². The fourth-order valence-electron chi connectivity index (χ4n) is 5.29. The number of anilines is 1. The van der Waals surface area contributed by atoms with E-state index in [1.165, 1.54) is 24.4 Å². The molecule has 12 nitrogen and oxygen atoms in total. The van der Waals surface area contributed by atoms with E-state index in [0.29, 0.717) is 25.0 Å². The van der Waals surface area contributed by atoms with Gasteiger partial charge in [0.1, 0.15) is 40.8 Å². The van der Waals surface area contributed by atoms with Gasteiger partial charge in [-0.3, -0.25) is 9.35 Å². The normalized spacial score (nSPS) is 21.2. The maximum atomic E-state index is 14.1. The summed E-state index contributed by atoms with van der Waals surface area (Å²) in [6, 6.07) is 13.6. The van der Waals surface area contributed by atoms with E-state index in [4.69, 9.17) is 4.74 Å². The first-order valence-corrected chi connectivity index (χ1v) is 14.7. The Kier molecular flexibility index (Phi) is 8.90. The number of imide groups is 1. The lowest BCUT2D eigenvalue weighted by atomic mass is 9.98. The van der Waals surface area contributed by atoms with Crippen molar-refractivity contribution < 1.29 is 41.7 Å². The Morgan fingerprint density at radius 3 is 2.49 bits per heavy atom. The first-order valence-electron chi connectivity index (χ1n) is 13.3. The van der Waals surface area contributed by atoms with E-state index < -0.39 is 55.5 Å². The standard InChI is InChI=1S/C28H32N4O8S/c1-3-4-12-22(25-29-16-24(30-25)31-26(33)21-13-8-9-14-23(21)41(37,38)39)27(34)32(28(35)36)17-20(15-18(32)2)40-19-10-6-5-7-11-19/h5-11,13-14,16,18,20,22H,3-4,12,15,17H2,1-2H3,(H3-,29,30,31,33,35,36,37,38,39)/p+1/t18-,20-,22?,32-/m1/s1. The smallest absolute Gasteiger partial charge is 0.484 e. The zero-order valence-corrected chi connectivity index (χ0v) is 23.5. The highest BCUT2D eigenvalue weighted by atomic mass is 32.2. The molecule has 1 unspecified atom stereocenters. The fraction of sp³-hybridized carbons (Fsp3) is 0.357. The van der Waals surface area contributed by atoms with Crippen molar-refractivity contribution >= 4 is 33.8 Å². The van der Waals surface area contributed by atoms with Gasteiger partial charge in [0.2, 0.25) is 0 Å². The number of nitrogens with zero attached hydrogens (tertiary/aromatic N) is 2. The molecule has 1 aliphatic heterocycles. The number of H-pyrrole nitrogens is 1. The van der Waals surface area contributed by atoms with E-state index in [9.17, 15) is 32.5 Å². The lowest BCUT2D eigenvalue weighted by Gasteiger charge is -2.32. The molecule has 3 amide bonds. The second-order valence-electron chi connectivity index (χ2n) is 10.1. The van der Waals surface area contributed by atoms with E-state index in [2.05, 4.69) is 15.3 Å². The molecular formula is C28H33N4O8S+. The number of likely N-dealkylation sites (tertiary alicyclic amines) is 1. The SMILES string of the molecule is CCCCC(C(=O)[N@@+]1(C(=O)O)C[C@H](Oc2ccccc2)C[C@H]1C)c1ncc(NC(=O)c2ccccc2S(=O)(=O)O)[nH]1. The molecule has 4 atom stereocenters. The van der Waals surface area contributed by atoms with E-state index >= 15 is 0 Å². The van der Waals surface area contributed by atoms with Gasteiger partial charge in [-0.05, 0) is 37.6 Å². The number of nitrogens with one attached hydrogen (secondary N) is 2. The van der Waals surface area contributed by atoms with E-state index in [0.717, 1.165) is 12.5 Å². The fourth-order valence-corrected chi connectivity index (χ4v) is 5.98. The molecule has 0 saturated carbocycles. The Balaban J connectivity index is 1.60. The number of quaternary nitrogens is 1. The number of carbonyl (C=O) groups excluding carboxylic acids is 2. The minimum absolute atomic E-state index is 0.0520. The highest BCUT2D eigenvalue weighted by molar-refractivity contribution is 7.86. The lowest BCUT2D eigenvalue weighted by molar-refractivity contribution is -0.794. The van der Waals surface area contributed by atoms with Gasteiger partial charge in [0, 0.05) is 6.42 Å². The van der Waals surface area contributed by atoms with Crippen molar-refractivity contribution in [1.82, 2.24) is 9.97 Å². The van der Waals surface area contributed by atoms with Gasteiger partial charge in [-0.2, -0.15) is 17.7 Å². The quantitative estimate of drug-likeness (QED) is 0.198. The highest BCUT2D eigenvalue weighted by Crippen LogP contribution is 2.36. The summed E-state index contributed by atoms with van der Waals surface area (Å²) in [5.74, 6) is -1.44. The van der Waals surface area contributed by atoms with Crippen molar-refractivity contribution in [2.75, 3.05) is 11.9 Å². The molecule has 41 heavy (non-hydrogen) atoms. The van der Waals surface area contributed by atoms with Crippen LogP contribution in [0.4, 0.5) is 10.6 Å². The molecule has 2 aromatic carbocycles. The van der Waals surface area contributed by atoms with Gasteiger partial charge in [0.05, 0.1) is 11.8 Å². The molecule has 13 heteroatoms. The molecule has 4 rings (SSSR count). The molecule has 1 saturated heterocycles. The molecule has 0 bridgehead atoms. The number of aromatic nitrogens is 2. The van der Waals surface area contributed by atoms with Crippen molar-refractivity contribution in [3.8, 4) is 5.75 Å². The highest BCUT2D eigenvalue weighted by Gasteiger charge is 2.59. The Morgan fingerprint density at radius 2 is 1.83 bits per heavy atom. The number of hydrogen-bond donors (Lipinski definition) is 4. The van der Waals surface area contributed by atoms with Gasteiger partial charge in [0.25, 0.3) is 16.0 Å². The molecule has 1 aromatic heterocycles. The van der Waals surface area contributed by atoms with E-state index in [1.54, 1.807) is 19.1 Å². The largest absolute Gasteiger partial charge is 0.521 e. The summed E-state index contributed by atoms with van der Waals surface area (Å²) in [4.78, 5) is 46.3. The number of hydrogen-bond acceptors (Lipinski definition) is 7. The molecule has 218 valence electrons. The van der Waals surface area contributed by atoms with Crippen LogP contribution in [0.3, 0.4) is 0 Å². The van der Waals surface area contributed by atoms with Gasteiger partial charge in [-0.25, -0.2) is 9.78 Å². The number of rotatable bonds is 10. The third kappa shape index (κ3) is 6.32. The van der Waals surface area contributed by atoms with Crippen molar-refractivity contribution in [3.05, 3.63) is 72.2 Å². The van der Waals surface area contributed by atoms with Crippen LogP contribution >= 0.6 is 0 Å². The maximum Gasteiger partial charge on any atom is 0.521 e. The number of carbonyl (C=O) groups is 3. The van der Waals surface area contributed by atoms with Gasteiger partial charge in [0.15, 0.2) is 6.10 Å². The zero-order valence-electron chi connectivity index (χ0n) is 22.7. The molecule has 0 aliphatic carbocycles. The Morgan fingerprint density at radius 1 is 1.15 bits per heavy atom. The minimum atomic E-state index is -4.65. The lowest BCUT2D eigenvalue weighted by Crippen LogP contribution is -2.60. The van der Waals surface area contributed by atoms with Crippen LogP contribution in [0, 0.1) is 0 Å². The number of unbranched alkanes of at least 4 members (excludes halogenated alkanes) is 1. The van der Waals surface area contributed by atoms with Crippen LogP contribution in [0.5, 0.6) is 5.75 Å². The summed E-state index contributed by atoms with van der Waals surface area (Å²) < 4.78 is 38.1. The van der Waals surface area contributed by atoms with E-state index in [1.807, 2.05) is 25.1 Å². The second-order valence-corrected chi connectivity index (χ2v) is 11.5. The van der Waals surface area contributed by atoms with Crippen molar-refractivity contribution in [2.45, 2.75) is 62.5 Å². The summed E-state index contributed by atoms with van der Waals surface area (Å²) in [5.41, 5.74) is -0.282. The van der Waals surface area contributed by atoms with Gasteiger partial charge >= 0.3 is 12.0 Å². The molecular weight excluding hydrogens is 552 g/mol. The van der Waals surface area contributed by atoms with Crippen LogP contribution in [0.2, 0.25) is 0 Å². The van der Waals surface area contributed by atoms with Crippen LogP contribution in [0.25, 0.3) is 0 Å². The third-order valence-electron chi connectivity index (χ3n) is 7.36. The monoisotopic (exact) mass is 585 g/mol. The molecule has 4 N–H and O–H groups in total. The van der Waals surface area contributed by atoms with E-state index in [-0.39, 0.29) is 23.8 Å².